The molecule has 2 aromatic rings. The summed E-state index contributed by atoms with van der Waals surface area (Å²) in [6.07, 6.45) is 0. The van der Waals surface area contributed by atoms with Gasteiger partial charge in [-0.15, -0.1) is 0 Å². The Balaban J connectivity index is 2.04. The van der Waals surface area contributed by atoms with Gasteiger partial charge in [0, 0.05) is 24.5 Å². The molecule has 2 N–H and O–H groups in total. The third-order valence-corrected chi connectivity index (χ3v) is 7.31. The van der Waals surface area contributed by atoms with Crippen LogP contribution in [0.2, 0.25) is 0 Å². The van der Waals surface area contributed by atoms with Crippen LogP contribution in [0.1, 0.15) is 18.4 Å². The Kier molecular flexibility index (Phi) is 4.95. The van der Waals surface area contributed by atoms with Crippen molar-refractivity contribution in [3.8, 4) is 0 Å². The lowest BCUT2D eigenvalue weighted by Crippen LogP contribution is -2.29. The van der Waals surface area contributed by atoms with Gasteiger partial charge in [0.15, 0.2) is 9.84 Å². The van der Waals surface area contributed by atoms with Gasteiger partial charge in [0.05, 0.1) is 16.8 Å². The molecule has 0 saturated heterocycles. The Morgan fingerprint density at radius 1 is 1.12 bits per heavy atom. The Bertz CT molecular complexity index is 824. The highest BCUT2D eigenvalue weighted by Gasteiger charge is 2.70. The summed E-state index contributed by atoms with van der Waals surface area (Å²) >= 11 is 0. The van der Waals surface area contributed by atoms with Gasteiger partial charge in [-0.05, 0) is 36.8 Å². The van der Waals surface area contributed by atoms with Gasteiger partial charge in [0.1, 0.15) is 5.82 Å². The third kappa shape index (κ3) is 3.10. The predicted molar refractivity (Wildman–Crippen MR) is 94.5 cm³/mol. The van der Waals surface area contributed by atoms with Gasteiger partial charge in [-0.1, -0.05) is 30.3 Å². The van der Waals surface area contributed by atoms with Crippen molar-refractivity contribution in [3.63, 3.8) is 0 Å². The molecule has 0 bridgehead atoms. The van der Waals surface area contributed by atoms with Gasteiger partial charge in [-0.25, -0.2) is 12.8 Å². The zero-order valence-corrected chi connectivity index (χ0v) is 14.9. The van der Waals surface area contributed by atoms with Crippen molar-refractivity contribution in [2.24, 2.45) is 11.1 Å². The molecule has 0 unspecified atom stereocenters. The van der Waals surface area contributed by atoms with Crippen LogP contribution in [0.25, 0.3) is 0 Å². The van der Waals surface area contributed by atoms with Gasteiger partial charge >= 0.3 is 0 Å². The average molecular weight is 363 g/mol. The summed E-state index contributed by atoms with van der Waals surface area (Å²) in [6, 6.07) is 14.3. The number of nitrogens with two attached hydrogens (primary N) is 1. The van der Waals surface area contributed by atoms with Crippen LogP contribution in [-0.2, 0) is 14.6 Å². The Morgan fingerprint density at radius 2 is 1.76 bits per heavy atom. The van der Waals surface area contributed by atoms with E-state index in [-0.39, 0.29) is 29.8 Å². The lowest BCUT2D eigenvalue weighted by atomic mass is 10.00. The van der Waals surface area contributed by atoms with E-state index >= 15 is 0 Å². The molecule has 1 fully saturated rings. The fraction of sp³-hybridized carbons (Fsp3) is 0.368. The van der Waals surface area contributed by atoms with E-state index in [9.17, 15) is 12.8 Å². The molecule has 4 nitrogen and oxygen atoms in total. The van der Waals surface area contributed by atoms with E-state index in [1.54, 1.807) is 42.5 Å². The molecule has 0 amide bonds. The summed E-state index contributed by atoms with van der Waals surface area (Å²) in [7, 11) is -3.58. The average Bonchev–Trinajstić information content (AvgIpc) is 3.31. The lowest BCUT2D eigenvalue weighted by molar-refractivity contribution is 0.101. The van der Waals surface area contributed by atoms with E-state index in [1.165, 1.54) is 12.1 Å². The predicted octanol–water partition coefficient (Wildman–Crippen LogP) is 2.75. The van der Waals surface area contributed by atoms with Crippen LogP contribution >= 0.6 is 0 Å². The van der Waals surface area contributed by atoms with Crippen LogP contribution < -0.4 is 5.73 Å². The first-order valence-electron chi connectivity index (χ1n) is 8.29. The standard InChI is InChI=1S/C19H22FNO3S/c1-2-24-13-19(12-21)17(14-8-10-15(20)11-9-14)18(19)25(22,23)16-6-4-3-5-7-16/h3-11,17-18H,2,12-13,21H2,1H3/t17-,18-,19-/m0/s1. The molecular formula is C19H22FNO3S. The SMILES string of the molecule is CCOC[C@@]1(CN)[C@@H](c2ccc(F)cc2)[C@@H]1S(=O)(=O)c1ccccc1. The molecule has 3 atom stereocenters. The highest BCUT2D eigenvalue weighted by Crippen LogP contribution is 2.63. The molecule has 134 valence electrons. The smallest absolute Gasteiger partial charge is 0.182 e. The third-order valence-electron chi connectivity index (χ3n) is 4.97. The van der Waals surface area contributed by atoms with Crippen molar-refractivity contribution in [1.82, 2.24) is 0 Å². The van der Waals surface area contributed by atoms with E-state index in [1.807, 2.05) is 6.92 Å². The minimum atomic E-state index is -3.58. The van der Waals surface area contributed by atoms with Crippen LogP contribution in [0.15, 0.2) is 59.5 Å². The summed E-state index contributed by atoms with van der Waals surface area (Å²) in [6.45, 7) is 2.79. The molecule has 2 aromatic carbocycles. The monoisotopic (exact) mass is 363 g/mol. The Labute approximate surface area is 147 Å². The minimum absolute atomic E-state index is 0.186. The summed E-state index contributed by atoms with van der Waals surface area (Å²) in [5.74, 6) is -0.662. The van der Waals surface area contributed by atoms with Crippen LogP contribution in [-0.4, -0.2) is 33.4 Å². The highest BCUT2D eigenvalue weighted by molar-refractivity contribution is 7.92. The van der Waals surface area contributed by atoms with E-state index in [0.29, 0.717) is 6.61 Å². The number of hydrogen-bond donors (Lipinski definition) is 1. The van der Waals surface area contributed by atoms with Crippen molar-refractivity contribution in [1.29, 1.82) is 0 Å². The second-order valence-electron chi connectivity index (χ2n) is 6.38. The maximum Gasteiger partial charge on any atom is 0.182 e. The van der Waals surface area contributed by atoms with E-state index < -0.39 is 20.5 Å². The number of halogens is 1. The van der Waals surface area contributed by atoms with Crippen LogP contribution in [0.5, 0.6) is 0 Å². The van der Waals surface area contributed by atoms with Crippen LogP contribution in [0, 0.1) is 11.2 Å². The van der Waals surface area contributed by atoms with Gasteiger partial charge < -0.3 is 10.5 Å². The minimum Gasteiger partial charge on any atom is -0.381 e. The van der Waals surface area contributed by atoms with Crippen molar-refractivity contribution in [3.05, 3.63) is 66.0 Å². The van der Waals surface area contributed by atoms with E-state index in [0.717, 1.165) is 5.56 Å². The van der Waals surface area contributed by atoms with E-state index in [4.69, 9.17) is 10.5 Å². The molecule has 3 rings (SSSR count). The quantitative estimate of drug-likeness (QED) is 0.821. The van der Waals surface area contributed by atoms with E-state index in [2.05, 4.69) is 0 Å². The van der Waals surface area contributed by atoms with Crippen molar-refractivity contribution in [2.45, 2.75) is 23.0 Å². The number of hydrogen-bond acceptors (Lipinski definition) is 4. The van der Waals surface area contributed by atoms with Gasteiger partial charge in [0.2, 0.25) is 0 Å². The lowest BCUT2D eigenvalue weighted by Gasteiger charge is -2.16. The summed E-state index contributed by atoms with van der Waals surface area (Å²) < 4.78 is 45.2. The first-order chi connectivity index (χ1) is 12.0. The second-order valence-corrected chi connectivity index (χ2v) is 8.45. The molecule has 1 aliphatic rings. The zero-order chi connectivity index (χ0) is 18.1. The first-order valence-corrected chi connectivity index (χ1v) is 9.84. The maximum absolute atomic E-state index is 13.3. The molecule has 0 aromatic heterocycles. The second kappa shape index (κ2) is 6.86. The molecule has 0 radical (unpaired) electrons. The largest absolute Gasteiger partial charge is 0.381 e. The summed E-state index contributed by atoms with van der Waals surface area (Å²) in [5, 5.41) is -0.676. The van der Waals surface area contributed by atoms with Crippen molar-refractivity contribution >= 4 is 9.84 Å². The fourth-order valence-corrected chi connectivity index (χ4v) is 6.11. The Hall–Kier alpha value is -1.76. The van der Waals surface area contributed by atoms with Crippen LogP contribution in [0.4, 0.5) is 4.39 Å². The van der Waals surface area contributed by atoms with Gasteiger partial charge in [-0.3, -0.25) is 0 Å². The number of rotatable bonds is 7. The molecule has 1 saturated carbocycles. The molecule has 0 spiro atoms. The van der Waals surface area contributed by atoms with Gasteiger partial charge in [0.25, 0.3) is 0 Å². The highest BCUT2D eigenvalue weighted by atomic mass is 32.2. The first kappa shape index (κ1) is 18.0. The van der Waals surface area contributed by atoms with Gasteiger partial charge in [-0.2, -0.15) is 0 Å². The zero-order valence-electron chi connectivity index (χ0n) is 14.1. The number of ether oxygens (including phenoxy) is 1. The molecule has 0 aliphatic heterocycles. The number of sulfone groups is 1. The molecule has 0 heterocycles. The molecule has 1 aliphatic carbocycles. The topological polar surface area (TPSA) is 69.4 Å². The maximum atomic E-state index is 13.3. The fourth-order valence-electron chi connectivity index (χ4n) is 3.64. The molecule has 25 heavy (non-hydrogen) atoms. The number of benzene rings is 2. The molecule has 6 heteroatoms. The van der Waals surface area contributed by atoms with Crippen molar-refractivity contribution < 1.29 is 17.5 Å². The van der Waals surface area contributed by atoms with Crippen molar-refractivity contribution in [2.75, 3.05) is 19.8 Å². The molecular weight excluding hydrogens is 341 g/mol. The van der Waals surface area contributed by atoms with Crippen LogP contribution in [0.3, 0.4) is 0 Å². The normalized spacial score (nSPS) is 25.7. The summed E-state index contributed by atoms with van der Waals surface area (Å²) in [4.78, 5) is 0.277. The summed E-state index contributed by atoms with van der Waals surface area (Å²) in [5.41, 5.74) is 6.10. The Morgan fingerprint density at radius 3 is 2.32 bits per heavy atom.